The molecule has 136 valence electrons. The maximum Gasteiger partial charge on any atom is 0.274 e. The van der Waals surface area contributed by atoms with Gasteiger partial charge in [0.25, 0.3) is 11.8 Å². The summed E-state index contributed by atoms with van der Waals surface area (Å²) in [5.74, 6) is -0.682. The fraction of sp³-hybridized carbons (Fsp3) is 0.316. The predicted molar refractivity (Wildman–Crippen MR) is 97.9 cm³/mol. The van der Waals surface area contributed by atoms with Gasteiger partial charge in [0.05, 0.1) is 5.02 Å². The fourth-order valence-electron chi connectivity index (χ4n) is 3.01. The molecule has 0 bridgehead atoms. The third kappa shape index (κ3) is 4.19. The number of likely N-dealkylation sites (tertiary alicyclic amines) is 1. The number of halogens is 2. The average Bonchev–Trinajstić information content (AvgIpc) is 2.64. The molecule has 1 atom stereocenters. The molecule has 2 aromatic rings. The SMILES string of the molecule is CC1CCCN(C(=O)c2ccnc(C(=O)Nc3ccc(F)c(Cl)c3)c2)C1. The number of nitrogens with zero attached hydrogens (tertiary/aromatic N) is 2. The number of hydrogen-bond donors (Lipinski definition) is 1. The van der Waals surface area contributed by atoms with E-state index in [0.717, 1.165) is 25.9 Å². The van der Waals surface area contributed by atoms with Crippen LogP contribution in [0.3, 0.4) is 0 Å². The van der Waals surface area contributed by atoms with Crippen molar-refractivity contribution in [3.63, 3.8) is 0 Å². The lowest BCUT2D eigenvalue weighted by Crippen LogP contribution is -2.39. The normalized spacial score (nSPS) is 17.0. The summed E-state index contributed by atoms with van der Waals surface area (Å²) in [4.78, 5) is 30.9. The van der Waals surface area contributed by atoms with Gasteiger partial charge in [-0.25, -0.2) is 4.39 Å². The molecule has 1 fully saturated rings. The van der Waals surface area contributed by atoms with Crippen molar-refractivity contribution in [3.8, 4) is 0 Å². The second-order valence-electron chi connectivity index (χ2n) is 6.51. The number of aromatic nitrogens is 1. The van der Waals surface area contributed by atoms with Crippen molar-refractivity contribution in [1.29, 1.82) is 0 Å². The van der Waals surface area contributed by atoms with Crippen LogP contribution in [0.5, 0.6) is 0 Å². The van der Waals surface area contributed by atoms with Crippen LogP contribution in [0.4, 0.5) is 10.1 Å². The van der Waals surface area contributed by atoms with Crippen LogP contribution in [0.2, 0.25) is 5.02 Å². The van der Waals surface area contributed by atoms with Gasteiger partial charge in [-0.2, -0.15) is 0 Å². The van der Waals surface area contributed by atoms with E-state index in [9.17, 15) is 14.0 Å². The van der Waals surface area contributed by atoms with Gasteiger partial charge in [0.1, 0.15) is 11.5 Å². The van der Waals surface area contributed by atoms with Crippen LogP contribution in [0.15, 0.2) is 36.5 Å². The van der Waals surface area contributed by atoms with Crippen molar-refractivity contribution in [2.24, 2.45) is 5.92 Å². The largest absolute Gasteiger partial charge is 0.338 e. The van der Waals surface area contributed by atoms with Gasteiger partial charge in [-0.1, -0.05) is 18.5 Å². The van der Waals surface area contributed by atoms with Gasteiger partial charge in [-0.05, 0) is 49.1 Å². The van der Waals surface area contributed by atoms with E-state index < -0.39 is 11.7 Å². The van der Waals surface area contributed by atoms with Gasteiger partial charge in [-0.15, -0.1) is 0 Å². The van der Waals surface area contributed by atoms with Gasteiger partial charge in [0.15, 0.2) is 0 Å². The number of hydrogen-bond acceptors (Lipinski definition) is 3. The number of anilines is 1. The molecule has 0 radical (unpaired) electrons. The number of amides is 2. The Morgan fingerprint density at radius 2 is 2.12 bits per heavy atom. The summed E-state index contributed by atoms with van der Waals surface area (Å²) >= 11 is 5.72. The van der Waals surface area contributed by atoms with Crippen molar-refractivity contribution in [1.82, 2.24) is 9.88 Å². The molecule has 26 heavy (non-hydrogen) atoms. The Labute approximate surface area is 156 Å². The molecule has 1 aliphatic heterocycles. The zero-order valence-electron chi connectivity index (χ0n) is 14.3. The molecule has 1 unspecified atom stereocenters. The first kappa shape index (κ1) is 18.3. The number of nitrogens with one attached hydrogen (secondary N) is 1. The van der Waals surface area contributed by atoms with Crippen LogP contribution in [0.1, 0.15) is 40.6 Å². The van der Waals surface area contributed by atoms with E-state index in [1.54, 1.807) is 6.07 Å². The molecule has 1 aromatic heterocycles. The van der Waals surface area contributed by atoms with Crippen LogP contribution in [-0.4, -0.2) is 34.8 Å². The Morgan fingerprint density at radius 1 is 1.31 bits per heavy atom. The molecule has 0 saturated carbocycles. The third-order valence-electron chi connectivity index (χ3n) is 4.36. The highest BCUT2D eigenvalue weighted by Crippen LogP contribution is 2.21. The van der Waals surface area contributed by atoms with Crippen LogP contribution < -0.4 is 5.32 Å². The maximum absolute atomic E-state index is 13.2. The van der Waals surface area contributed by atoms with Crippen molar-refractivity contribution in [2.45, 2.75) is 19.8 Å². The number of piperidine rings is 1. The molecular weight excluding hydrogens is 357 g/mol. The second-order valence-corrected chi connectivity index (χ2v) is 6.92. The van der Waals surface area contributed by atoms with Gasteiger partial charge in [0.2, 0.25) is 0 Å². The highest BCUT2D eigenvalue weighted by Gasteiger charge is 2.23. The molecule has 1 aromatic carbocycles. The number of benzene rings is 1. The monoisotopic (exact) mass is 375 g/mol. The minimum Gasteiger partial charge on any atom is -0.338 e. The molecule has 1 saturated heterocycles. The van der Waals surface area contributed by atoms with Gasteiger partial charge < -0.3 is 10.2 Å². The standard InChI is InChI=1S/C19H19ClFN3O2/c1-12-3-2-8-24(11-12)19(26)13-6-7-22-17(9-13)18(25)23-14-4-5-16(21)15(20)10-14/h4-7,9-10,12H,2-3,8,11H2,1H3,(H,23,25). The van der Waals surface area contributed by atoms with Crippen LogP contribution in [0, 0.1) is 11.7 Å². The molecule has 1 aliphatic rings. The van der Waals surface area contributed by atoms with E-state index in [1.807, 2.05) is 4.90 Å². The topological polar surface area (TPSA) is 62.3 Å². The van der Waals surface area contributed by atoms with E-state index in [1.165, 1.54) is 30.5 Å². The molecule has 0 spiro atoms. The molecule has 7 heteroatoms. The highest BCUT2D eigenvalue weighted by atomic mass is 35.5. The highest BCUT2D eigenvalue weighted by molar-refractivity contribution is 6.31. The summed E-state index contributed by atoms with van der Waals surface area (Å²) in [5.41, 5.74) is 0.891. The summed E-state index contributed by atoms with van der Waals surface area (Å²) in [6.45, 7) is 3.57. The lowest BCUT2D eigenvalue weighted by atomic mass is 9.99. The zero-order valence-corrected chi connectivity index (χ0v) is 15.1. The average molecular weight is 376 g/mol. The van der Waals surface area contributed by atoms with E-state index in [-0.39, 0.29) is 16.6 Å². The Bertz CT molecular complexity index is 843. The Hall–Kier alpha value is -2.47. The zero-order chi connectivity index (χ0) is 18.7. The Balaban J connectivity index is 1.74. The van der Waals surface area contributed by atoms with E-state index in [2.05, 4.69) is 17.2 Å². The minimum atomic E-state index is -0.564. The number of carbonyl (C=O) groups is 2. The molecule has 2 heterocycles. The minimum absolute atomic E-state index is 0.0843. The van der Waals surface area contributed by atoms with Crippen LogP contribution in [0.25, 0.3) is 0 Å². The predicted octanol–water partition coefficient (Wildman–Crippen LogP) is 4.00. The summed E-state index contributed by atoms with van der Waals surface area (Å²) in [5, 5.41) is 2.52. The number of pyridine rings is 1. The fourth-order valence-corrected chi connectivity index (χ4v) is 3.19. The quantitative estimate of drug-likeness (QED) is 0.882. The molecule has 1 N–H and O–H groups in total. The number of carbonyl (C=O) groups excluding carboxylic acids is 2. The summed E-state index contributed by atoms with van der Waals surface area (Å²) < 4.78 is 13.2. The van der Waals surface area contributed by atoms with Gasteiger partial charge >= 0.3 is 0 Å². The molecule has 3 rings (SSSR count). The first-order chi connectivity index (χ1) is 12.4. The Kier molecular flexibility index (Phi) is 5.52. The first-order valence-corrected chi connectivity index (χ1v) is 8.83. The lowest BCUT2D eigenvalue weighted by Gasteiger charge is -2.31. The van der Waals surface area contributed by atoms with Crippen molar-refractivity contribution < 1.29 is 14.0 Å². The van der Waals surface area contributed by atoms with Crippen molar-refractivity contribution in [2.75, 3.05) is 18.4 Å². The molecular formula is C19H19ClFN3O2. The Morgan fingerprint density at radius 3 is 2.85 bits per heavy atom. The lowest BCUT2D eigenvalue weighted by molar-refractivity contribution is 0.0683. The molecule has 2 amide bonds. The van der Waals surface area contributed by atoms with E-state index in [0.29, 0.717) is 17.2 Å². The van der Waals surface area contributed by atoms with E-state index in [4.69, 9.17) is 11.6 Å². The summed E-state index contributed by atoms with van der Waals surface area (Å²) in [6.07, 6.45) is 3.54. The second kappa shape index (κ2) is 7.83. The van der Waals surface area contributed by atoms with Crippen LogP contribution in [-0.2, 0) is 0 Å². The smallest absolute Gasteiger partial charge is 0.274 e. The van der Waals surface area contributed by atoms with Crippen molar-refractivity contribution >= 4 is 29.1 Å². The van der Waals surface area contributed by atoms with Crippen LogP contribution >= 0.6 is 11.6 Å². The summed E-state index contributed by atoms with van der Waals surface area (Å²) in [7, 11) is 0. The van der Waals surface area contributed by atoms with Gasteiger partial charge in [0, 0.05) is 30.5 Å². The third-order valence-corrected chi connectivity index (χ3v) is 4.65. The molecule has 5 nitrogen and oxygen atoms in total. The van der Waals surface area contributed by atoms with E-state index >= 15 is 0 Å². The molecule has 0 aliphatic carbocycles. The van der Waals surface area contributed by atoms with Gasteiger partial charge in [-0.3, -0.25) is 14.6 Å². The first-order valence-electron chi connectivity index (χ1n) is 8.46. The maximum atomic E-state index is 13.2. The van der Waals surface area contributed by atoms with Crippen molar-refractivity contribution in [3.05, 3.63) is 58.6 Å². The summed E-state index contributed by atoms with van der Waals surface area (Å²) in [6, 6.07) is 6.97. The number of rotatable bonds is 3.